The van der Waals surface area contributed by atoms with Gasteiger partial charge in [0.2, 0.25) is 0 Å². The lowest BCUT2D eigenvalue weighted by atomic mass is 9.72. The van der Waals surface area contributed by atoms with E-state index in [9.17, 15) is 0 Å². The normalized spacial score (nSPS) is 18.7. The standard InChI is InChI=1S/C17H23N3/c1-12(2)20-9-8-14(19-20)11-17(18-3)16-10-13-6-4-5-7-15(13)16/h4-9,12,16-18H,10-11H2,1-3H3. The zero-order valence-corrected chi connectivity index (χ0v) is 12.5. The van der Waals surface area contributed by atoms with Gasteiger partial charge in [-0.3, -0.25) is 4.68 Å². The van der Waals surface area contributed by atoms with Crippen molar-refractivity contribution in [3.8, 4) is 0 Å². The monoisotopic (exact) mass is 269 g/mol. The van der Waals surface area contributed by atoms with Gasteiger partial charge in [0, 0.05) is 30.6 Å². The zero-order valence-electron chi connectivity index (χ0n) is 12.5. The Labute approximate surface area is 121 Å². The first kappa shape index (κ1) is 13.4. The Hall–Kier alpha value is -1.61. The summed E-state index contributed by atoms with van der Waals surface area (Å²) >= 11 is 0. The van der Waals surface area contributed by atoms with E-state index >= 15 is 0 Å². The first-order valence-corrected chi connectivity index (χ1v) is 7.48. The smallest absolute Gasteiger partial charge is 0.0640 e. The fraction of sp³-hybridized carbons (Fsp3) is 0.471. The summed E-state index contributed by atoms with van der Waals surface area (Å²) < 4.78 is 2.04. The molecule has 2 aromatic rings. The summed E-state index contributed by atoms with van der Waals surface area (Å²) in [6.07, 6.45) is 4.27. The Kier molecular flexibility index (Phi) is 3.62. The molecular formula is C17H23N3. The van der Waals surface area contributed by atoms with E-state index in [2.05, 4.69) is 67.8 Å². The summed E-state index contributed by atoms with van der Waals surface area (Å²) in [4.78, 5) is 0. The minimum Gasteiger partial charge on any atom is -0.316 e. The van der Waals surface area contributed by atoms with Crippen LogP contribution >= 0.6 is 0 Å². The molecule has 0 saturated carbocycles. The highest BCUT2D eigenvalue weighted by Crippen LogP contribution is 2.38. The van der Waals surface area contributed by atoms with Gasteiger partial charge < -0.3 is 5.32 Å². The molecule has 0 saturated heterocycles. The van der Waals surface area contributed by atoms with Gasteiger partial charge in [-0.15, -0.1) is 0 Å². The molecule has 1 heterocycles. The highest BCUT2D eigenvalue weighted by molar-refractivity contribution is 5.41. The molecule has 3 heteroatoms. The van der Waals surface area contributed by atoms with Crippen LogP contribution in [0.1, 0.15) is 42.6 Å². The number of hydrogen-bond donors (Lipinski definition) is 1. The van der Waals surface area contributed by atoms with Gasteiger partial charge in [-0.05, 0) is 44.5 Å². The molecule has 0 aliphatic heterocycles. The van der Waals surface area contributed by atoms with E-state index in [4.69, 9.17) is 0 Å². The molecule has 1 aromatic heterocycles. The van der Waals surface area contributed by atoms with Crippen LogP contribution in [0.4, 0.5) is 0 Å². The van der Waals surface area contributed by atoms with Crippen molar-refractivity contribution in [1.29, 1.82) is 0 Å². The maximum atomic E-state index is 4.67. The van der Waals surface area contributed by atoms with Crippen LogP contribution in [-0.4, -0.2) is 22.9 Å². The van der Waals surface area contributed by atoms with Crippen molar-refractivity contribution in [3.05, 3.63) is 53.3 Å². The van der Waals surface area contributed by atoms with E-state index in [1.165, 1.54) is 23.2 Å². The molecule has 1 aliphatic rings. The number of rotatable bonds is 5. The minimum absolute atomic E-state index is 0.432. The average molecular weight is 269 g/mol. The topological polar surface area (TPSA) is 29.9 Å². The van der Waals surface area contributed by atoms with Crippen LogP contribution in [0.2, 0.25) is 0 Å². The van der Waals surface area contributed by atoms with E-state index in [1.54, 1.807) is 0 Å². The molecule has 0 spiro atoms. The fourth-order valence-electron chi connectivity index (χ4n) is 3.10. The van der Waals surface area contributed by atoms with Crippen molar-refractivity contribution >= 4 is 0 Å². The molecule has 1 aliphatic carbocycles. The van der Waals surface area contributed by atoms with Crippen LogP contribution < -0.4 is 5.32 Å². The molecule has 0 radical (unpaired) electrons. The van der Waals surface area contributed by atoms with Crippen molar-refractivity contribution in [2.75, 3.05) is 7.05 Å². The van der Waals surface area contributed by atoms with Gasteiger partial charge in [-0.25, -0.2) is 0 Å². The molecular weight excluding hydrogens is 246 g/mol. The van der Waals surface area contributed by atoms with Crippen molar-refractivity contribution in [3.63, 3.8) is 0 Å². The Morgan fingerprint density at radius 2 is 2.10 bits per heavy atom. The molecule has 3 nitrogen and oxygen atoms in total. The van der Waals surface area contributed by atoms with Crippen molar-refractivity contribution in [2.45, 2.75) is 44.7 Å². The molecule has 0 fully saturated rings. The quantitative estimate of drug-likeness (QED) is 0.904. The van der Waals surface area contributed by atoms with Crippen LogP contribution in [0.5, 0.6) is 0 Å². The number of aromatic nitrogens is 2. The fourth-order valence-corrected chi connectivity index (χ4v) is 3.10. The van der Waals surface area contributed by atoms with Crippen molar-refractivity contribution in [1.82, 2.24) is 15.1 Å². The van der Waals surface area contributed by atoms with Gasteiger partial charge in [0.15, 0.2) is 0 Å². The second-order valence-electron chi connectivity index (χ2n) is 5.99. The molecule has 2 atom stereocenters. The van der Waals surface area contributed by atoms with E-state index in [0.717, 1.165) is 6.42 Å². The van der Waals surface area contributed by atoms with Gasteiger partial charge in [0.25, 0.3) is 0 Å². The Morgan fingerprint density at radius 3 is 2.75 bits per heavy atom. The molecule has 2 unspecified atom stereocenters. The first-order chi connectivity index (χ1) is 9.69. The van der Waals surface area contributed by atoms with Crippen molar-refractivity contribution < 1.29 is 0 Å². The highest BCUT2D eigenvalue weighted by atomic mass is 15.3. The maximum absolute atomic E-state index is 4.67. The van der Waals surface area contributed by atoms with Crippen LogP contribution in [0.25, 0.3) is 0 Å². The van der Waals surface area contributed by atoms with Crippen LogP contribution in [0.3, 0.4) is 0 Å². The summed E-state index contributed by atoms with van der Waals surface area (Å²) in [5.74, 6) is 0.625. The summed E-state index contributed by atoms with van der Waals surface area (Å²) in [5, 5.41) is 8.15. The number of likely N-dealkylation sites (N-methyl/N-ethyl adjacent to an activating group) is 1. The van der Waals surface area contributed by atoms with Gasteiger partial charge in [-0.1, -0.05) is 24.3 Å². The first-order valence-electron chi connectivity index (χ1n) is 7.48. The molecule has 0 bridgehead atoms. The molecule has 3 rings (SSSR count). The highest BCUT2D eigenvalue weighted by Gasteiger charge is 2.32. The van der Waals surface area contributed by atoms with E-state index in [0.29, 0.717) is 18.0 Å². The van der Waals surface area contributed by atoms with Crippen LogP contribution in [-0.2, 0) is 12.8 Å². The van der Waals surface area contributed by atoms with Gasteiger partial charge in [0.1, 0.15) is 0 Å². The van der Waals surface area contributed by atoms with Gasteiger partial charge in [0.05, 0.1) is 5.69 Å². The number of nitrogens with one attached hydrogen (secondary N) is 1. The average Bonchev–Trinajstić information content (AvgIpc) is 2.87. The van der Waals surface area contributed by atoms with E-state index in [-0.39, 0.29) is 0 Å². The predicted octanol–water partition coefficient (Wildman–Crippen LogP) is 2.93. The van der Waals surface area contributed by atoms with E-state index in [1.807, 2.05) is 4.68 Å². The van der Waals surface area contributed by atoms with Gasteiger partial charge in [-0.2, -0.15) is 5.10 Å². The molecule has 106 valence electrons. The Morgan fingerprint density at radius 1 is 1.30 bits per heavy atom. The van der Waals surface area contributed by atoms with Gasteiger partial charge >= 0.3 is 0 Å². The van der Waals surface area contributed by atoms with Crippen LogP contribution in [0, 0.1) is 0 Å². The molecule has 0 amide bonds. The number of benzene rings is 1. The third kappa shape index (κ3) is 2.38. The SMILES string of the molecule is CNC(Cc1ccn(C(C)C)n1)C1Cc2ccccc21. The number of nitrogens with zero attached hydrogens (tertiary/aromatic N) is 2. The van der Waals surface area contributed by atoms with Crippen molar-refractivity contribution in [2.24, 2.45) is 0 Å². The summed E-state index contributed by atoms with van der Waals surface area (Å²) in [5.41, 5.74) is 4.20. The largest absolute Gasteiger partial charge is 0.316 e. The zero-order chi connectivity index (χ0) is 14.1. The third-order valence-electron chi connectivity index (χ3n) is 4.37. The predicted molar refractivity (Wildman–Crippen MR) is 82.1 cm³/mol. The molecule has 1 aromatic carbocycles. The lowest BCUT2D eigenvalue weighted by molar-refractivity contribution is 0.416. The Bertz CT molecular complexity index is 585. The maximum Gasteiger partial charge on any atom is 0.0640 e. The number of hydrogen-bond acceptors (Lipinski definition) is 2. The molecule has 20 heavy (non-hydrogen) atoms. The van der Waals surface area contributed by atoms with Crippen LogP contribution in [0.15, 0.2) is 36.5 Å². The second-order valence-corrected chi connectivity index (χ2v) is 5.99. The third-order valence-corrected chi connectivity index (χ3v) is 4.37. The lowest BCUT2D eigenvalue weighted by Gasteiger charge is -2.36. The lowest BCUT2D eigenvalue weighted by Crippen LogP contribution is -2.39. The summed E-state index contributed by atoms with van der Waals surface area (Å²) in [6, 6.07) is 11.8. The second kappa shape index (κ2) is 5.41. The Balaban J connectivity index is 1.72. The summed E-state index contributed by atoms with van der Waals surface area (Å²) in [6.45, 7) is 4.32. The summed E-state index contributed by atoms with van der Waals surface area (Å²) in [7, 11) is 2.06. The molecule has 1 N–H and O–H groups in total. The number of fused-ring (bicyclic) bond motifs is 1. The minimum atomic E-state index is 0.432. The van der Waals surface area contributed by atoms with E-state index < -0.39 is 0 Å².